The lowest BCUT2D eigenvalue weighted by Crippen LogP contribution is -2.28. The number of rotatable bonds is 5. The standard InChI is InChI=1S/C11H13NO3S2/c1-12(7-6-10-4-2-8-15-10)17(13,14)11-5-3-9-16-11/h2-5,8-9H,6-7H2,1H3. The summed E-state index contributed by atoms with van der Waals surface area (Å²) >= 11 is 1.23. The third-order valence-electron chi connectivity index (χ3n) is 2.41. The van der Waals surface area contributed by atoms with Gasteiger partial charge in [0.25, 0.3) is 10.0 Å². The Labute approximate surface area is 105 Å². The fourth-order valence-corrected chi connectivity index (χ4v) is 3.78. The summed E-state index contributed by atoms with van der Waals surface area (Å²) < 4.78 is 31.0. The zero-order valence-electron chi connectivity index (χ0n) is 9.37. The summed E-state index contributed by atoms with van der Waals surface area (Å²) in [5.41, 5.74) is 0. The maximum Gasteiger partial charge on any atom is 0.252 e. The number of sulfonamides is 1. The highest BCUT2D eigenvalue weighted by Gasteiger charge is 2.21. The van der Waals surface area contributed by atoms with E-state index in [2.05, 4.69) is 0 Å². The number of thiophene rings is 1. The van der Waals surface area contributed by atoms with E-state index in [1.807, 2.05) is 6.07 Å². The normalized spacial score (nSPS) is 12.1. The molecular formula is C11H13NO3S2. The lowest BCUT2D eigenvalue weighted by atomic mass is 10.3. The Morgan fingerprint density at radius 1 is 1.35 bits per heavy atom. The van der Waals surface area contributed by atoms with Gasteiger partial charge in [-0.15, -0.1) is 11.3 Å². The van der Waals surface area contributed by atoms with Crippen molar-refractivity contribution in [2.45, 2.75) is 10.6 Å². The average Bonchev–Trinajstić information content (AvgIpc) is 2.98. The second kappa shape index (κ2) is 5.03. The molecule has 0 unspecified atom stereocenters. The number of hydrogen-bond acceptors (Lipinski definition) is 4. The molecule has 4 nitrogen and oxygen atoms in total. The van der Waals surface area contributed by atoms with Crippen LogP contribution in [0.25, 0.3) is 0 Å². The van der Waals surface area contributed by atoms with Crippen LogP contribution in [0.3, 0.4) is 0 Å². The van der Waals surface area contributed by atoms with Gasteiger partial charge in [0, 0.05) is 20.0 Å². The van der Waals surface area contributed by atoms with E-state index in [9.17, 15) is 8.42 Å². The molecule has 92 valence electrons. The second-order valence-corrected chi connectivity index (χ2v) is 6.81. The fraction of sp³-hybridized carbons (Fsp3) is 0.273. The van der Waals surface area contributed by atoms with E-state index in [0.29, 0.717) is 17.2 Å². The highest BCUT2D eigenvalue weighted by molar-refractivity contribution is 7.91. The maximum absolute atomic E-state index is 12.1. The van der Waals surface area contributed by atoms with E-state index < -0.39 is 10.0 Å². The minimum Gasteiger partial charge on any atom is -0.469 e. The van der Waals surface area contributed by atoms with Crippen molar-refractivity contribution in [2.24, 2.45) is 0 Å². The Morgan fingerprint density at radius 2 is 2.18 bits per heavy atom. The lowest BCUT2D eigenvalue weighted by molar-refractivity contribution is 0.442. The first-order valence-corrected chi connectivity index (χ1v) is 7.45. The van der Waals surface area contributed by atoms with Gasteiger partial charge < -0.3 is 4.42 Å². The summed E-state index contributed by atoms with van der Waals surface area (Å²) in [6.07, 6.45) is 2.16. The van der Waals surface area contributed by atoms with Gasteiger partial charge in [0.15, 0.2) is 0 Å². The van der Waals surface area contributed by atoms with Crippen LogP contribution in [0.4, 0.5) is 0 Å². The lowest BCUT2D eigenvalue weighted by Gasteiger charge is -2.14. The van der Waals surface area contributed by atoms with Gasteiger partial charge in [-0.1, -0.05) is 6.07 Å². The molecule has 0 aliphatic heterocycles. The largest absolute Gasteiger partial charge is 0.469 e. The molecule has 0 saturated heterocycles. The molecular weight excluding hydrogens is 258 g/mol. The monoisotopic (exact) mass is 271 g/mol. The van der Waals surface area contributed by atoms with E-state index in [0.717, 1.165) is 5.76 Å². The molecule has 0 aliphatic rings. The first kappa shape index (κ1) is 12.3. The molecule has 0 bridgehead atoms. The molecule has 2 aromatic heterocycles. The summed E-state index contributed by atoms with van der Waals surface area (Å²) in [7, 11) is -1.76. The van der Waals surface area contributed by atoms with Crippen LogP contribution in [0.15, 0.2) is 44.5 Å². The number of nitrogens with zero attached hydrogens (tertiary/aromatic N) is 1. The van der Waals surface area contributed by atoms with E-state index in [-0.39, 0.29) is 0 Å². The van der Waals surface area contributed by atoms with Crippen molar-refractivity contribution in [3.05, 3.63) is 41.7 Å². The minimum absolute atomic E-state index is 0.374. The van der Waals surface area contributed by atoms with Crippen LogP contribution in [0.1, 0.15) is 5.76 Å². The molecule has 2 rings (SSSR count). The van der Waals surface area contributed by atoms with Crippen LogP contribution < -0.4 is 0 Å². The molecule has 0 spiro atoms. The highest BCUT2D eigenvalue weighted by atomic mass is 32.2. The van der Waals surface area contributed by atoms with Crippen LogP contribution in [0.2, 0.25) is 0 Å². The average molecular weight is 271 g/mol. The summed E-state index contributed by atoms with van der Waals surface area (Å²) in [4.78, 5) is 0. The fourth-order valence-electron chi connectivity index (χ4n) is 1.41. The Balaban J connectivity index is 2.03. The smallest absolute Gasteiger partial charge is 0.252 e. The third kappa shape index (κ3) is 2.77. The van der Waals surface area contributed by atoms with Crippen molar-refractivity contribution in [3.8, 4) is 0 Å². The second-order valence-electron chi connectivity index (χ2n) is 3.59. The molecule has 0 N–H and O–H groups in total. The van der Waals surface area contributed by atoms with Gasteiger partial charge in [-0.2, -0.15) is 4.31 Å². The van der Waals surface area contributed by atoms with Crippen molar-refractivity contribution in [1.82, 2.24) is 4.31 Å². The van der Waals surface area contributed by atoms with Gasteiger partial charge in [-0.3, -0.25) is 0 Å². The first-order chi connectivity index (χ1) is 8.10. The number of furan rings is 1. The third-order valence-corrected chi connectivity index (χ3v) is 5.64. The molecule has 0 aliphatic carbocycles. The van der Waals surface area contributed by atoms with Crippen molar-refractivity contribution in [3.63, 3.8) is 0 Å². The zero-order valence-corrected chi connectivity index (χ0v) is 11.0. The topological polar surface area (TPSA) is 50.5 Å². The Bertz CT molecular complexity index is 544. The van der Waals surface area contributed by atoms with Gasteiger partial charge in [-0.25, -0.2) is 8.42 Å². The molecule has 0 fully saturated rings. The molecule has 0 radical (unpaired) electrons. The molecule has 0 aromatic carbocycles. The predicted octanol–water partition coefficient (Wildman–Crippen LogP) is 2.20. The van der Waals surface area contributed by atoms with Crippen LogP contribution in [-0.2, 0) is 16.4 Å². The molecule has 0 atom stereocenters. The molecule has 2 heterocycles. The van der Waals surface area contributed by atoms with E-state index in [1.54, 1.807) is 36.9 Å². The molecule has 6 heteroatoms. The van der Waals surface area contributed by atoms with Crippen molar-refractivity contribution in [1.29, 1.82) is 0 Å². The van der Waals surface area contributed by atoms with Gasteiger partial charge >= 0.3 is 0 Å². The van der Waals surface area contributed by atoms with Crippen LogP contribution in [0.5, 0.6) is 0 Å². The van der Waals surface area contributed by atoms with Crippen molar-refractivity contribution in [2.75, 3.05) is 13.6 Å². The Morgan fingerprint density at radius 3 is 2.76 bits per heavy atom. The molecule has 2 aromatic rings. The molecule has 17 heavy (non-hydrogen) atoms. The van der Waals surface area contributed by atoms with E-state index in [4.69, 9.17) is 4.42 Å². The minimum atomic E-state index is -3.34. The Hall–Kier alpha value is -1.11. The summed E-state index contributed by atoms with van der Waals surface area (Å²) in [6.45, 7) is 0.410. The van der Waals surface area contributed by atoms with E-state index in [1.165, 1.54) is 15.6 Å². The number of hydrogen-bond donors (Lipinski definition) is 0. The summed E-state index contributed by atoms with van der Waals surface area (Å²) in [5.74, 6) is 0.790. The van der Waals surface area contributed by atoms with Crippen molar-refractivity contribution < 1.29 is 12.8 Å². The maximum atomic E-state index is 12.1. The number of likely N-dealkylation sites (N-methyl/N-ethyl adjacent to an activating group) is 1. The Kier molecular flexibility index (Phi) is 3.66. The quantitative estimate of drug-likeness (QED) is 0.837. The van der Waals surface area contributed by atoms with Crippen LogP contribution in [0, 0.1) is 0 Å². The highest BCUT2D eigenvalue weighted by Crippen LogP contribution is 2.19. The SMILES string of the molecule is CN(CCc1ccco1)S(=O)(=O)c1cccs1. The van der Waals surface area contributed by atoms with Gasteiger partial charge in [0.2, 0.25) is 0 Å². The van der Waals surface area contributed by atoms with Crippen LogP contribution in [-0.4, -0.2) is 26.3 Å². The van der Waals surface area contributed by atoms with Gasteiger partial charge in [0.1, 0.15) is 9.97 Å². The summed E-state index contributed by atoms with van der Waals surface area (Å²) in [5, 5.41) is 1.76. The van der Waals surface area contributed by atoms with E-state index >= 15 is 0 Å². The predicted molar refractivity (Wildman–Crippen MR) is 66.5 cm³/mol. The first-order valence-electron chi connectivity index (χ1n) is 5.13. The molecule has 0 saturated carbocycles. The molecule has 0 amide bonds. The van der Waals surface area contributed by atoms with Crippen LogP contribution >= 0.6 is 11.3 Å². The van der Waals surface area contributed by atoms with Gasteiger partial charge in [0.05, 0.1) is 6.26 Å². The summed E-state index contributed by atoms with van der Waals surface area (Å²) in [6, 6.07) is 6.98. The van der Waals surface area contributed by atoms with Crippen molar-refractivity contribution >= 4 is 21.4 Å². The van der Waals surface area contributed by atoms with Gasteiger partial charge in [-0.05, 0) is 23.6 Å². The zero-order chi connectivity index (χ0) is 12.3.